The van der Waals surface area contributed by atoms with Gasteiger partial charge in [0.25, 0.3) is 0 Å². The second-order valence-corrected chi connectivity index (χ2v) is 5.10. The highest BCUT2D eigenvalue weighted by molar-refractivity contribution is 5.96. The van der Waals surface area contributed by atoms with E-state index >= 15 is 0 Å². The van der Waals surface area contributed by atoms with E-state index in [1.165, 1.54) is 7.11 Å². The molecule has 0 aliphatic heterocycles. The summed E-state index contributed by atoms with van der Waals surface area (Å²) < 4.78 is 10.3. The lowest BCUT2D eigenvalue weighted by molar-refractivity contribution is -0.125. The number of carbonyl (C=O) groups is 2. The number of ether oxygens (including phenoxy) is 2. The molecule has 22 heavy (non-hydrogen) atoms. The zero-order valence-corrected chi connectivity index (χ0v) is 13.3. The quantitative estimate of drug-likeness (QED) is 0.689. The number of nitrogens with two attached hydrogens (primary N) is 1. The molecule has 1 atom stereocenters. The maximum absolute atomic E-state index is 11.9. The van der Waals surface area contributed by atoms with E-state index in [-0.39, 0.29) is 24.3 Å². The number of hydrogen-bond donors (Lipinski definition) is 3. The molecule has 0 spiro atoms. The first-order valence-electron chi connectivity index (χ1n) is 6.94. The van der Waals surface area contributed by atoms with Gasteiger partial charge in [-0.1, -0.05) is 13.8 Å². The van der Waals surface area contributed by atoms with Crippen molar-refractivity contribution in [3.8, 4) is 11.5 Å². The number of methoxy groups -OCH3 is 2. The number of amides is 2. The topological polar surface area (TPSA) is 103 Å². The third kappa shape index (κ3) is 4.92. The molecule has 2 amide bonds. The van der Waals surface area contributed by atoms with Crippen LogP contribution in [0.3, 0.4) is 0 Å². The number of anilines is 1. The fraction of sp³-hybridized carbons (Fsp3) is 0.467. The summed E-state index contributed by atoms with van der Waals surface area (Å²) in [6.45, 7) is 3.52. The van der Waals surface area contributed by atoms with Crippen LogP contribution in [0.15, 0.2) is 18.2 Å². The molecule has 1 aromatic rings. The molecule has 0 heterocycles. The van der Waals surface area contributed by atoms with E-state index in [2.05, 4.69) is 10.6 Å². The predicted octanol–water partition coefficient (Wildman–Crippen LogP) is 0.742. The summed E-state index contributed by atoms with van der Waals surface area (Å²) in [7, 11) is 3.04. The number of rotatable bonds is 7. The van der Waals surface area contributed by atoms with Crippen molar-refractivity contribution in [2.45, 2.75) is 19.9 Å². The molecule has 1 rings (SSSR count). The van der Waals surface area contributed by atoms with E-state index in [0.29, 0.717) is 17.2 Å². The molecule has 0 aliphatic carbocycles. The van der Waals surface area contributed by atoms with E-state index in [0.717, 1.165) is 0 Å². The molecule has 0 aliphatic rings. The van der Waals surface area contributed by atoms with Crippen LogP contribution in [0.4, 0.5) is 5.69 Å². The van der Waals surface area contributed by atoms with Gasteiger partial charge in [0.2, 0.25) is 11.8 Å². The van der Waals surface area contributed by atoms with Gasteiger partial charge in [-0.15, -0.1) is 0 Å². The Balaban J connectivity index is 2.60. The second kappa shape index (κ2) is 8.23. The van der Waals surface area contributed by atoms with Crippen molar-refractivity contribution in [2.75, 3.05) is 26.1 Å². The minimum absolute atomic E-state index is 0.00439. The monoisotopic (exact) mass is 309 g/mol. The molecule has 0 unspecified atom stereocenters. The summed E-state index contributed by atoms with van der Waals surface area (Å²) in [4.78, 5) is 23.6. The number of nitrogens with one attached hydrogen (secondary N) is 2. The van der Waals surface area contributed by atoms with Crippen molar-refractivity contribution >= 4 is 17.5 Å². The van der Waals surface area contributed by atoms with Crippen LogP contribution in [0, 0.1) is 5.92 Å². The van der Waals surface area contributed by atoms with Gasteiger partial charge in [0.15, 0.2) is 0 Å². The number of hydrogen-bond acceptors (Lipinski definition) is 5. The van der Waals surface area contributed by atoms with Gasteiger partial charge in [0.1, 0.15) is 11.5 Å². The van der Waals surface area contributed by atoms with E-state index < -0.39 is 6.04 Å². The summed E-state index contributed by atoms with van der Waals surface area (Å²) >= 11 is 0. The first kappa shape index (κ1) is 17.8. The van der Waals surface area contributed by atoms with E-state index in [1.54, 1.807) is 25.3 Å². The normalized spacial score (nSPS) is 11.7. The Kier molecular flexibility index (Phi) is 6.65. The van der Waals surface area contributed by atoms with Gasteiger partial charge in [-0.05, 0) is 18.1 Å². The molecular weight excluding hydrogens is 286 g/mol. The summed E-state index contributed by atoms with van der Waals surface area (Å²) in [6, 6.07) is 4.38. The standard InChI is InChI=1S/C15H23N3O4/c1-9(2)14(16)15(20)17-8-13(19)18-11-6-5-10(21-3)7-12(11)22-4/h5-7,9,14H,8,16H2,1-4H3,(H,17,20)(H,18,19)/t14-/m0/s1. The number of benzene rings is 1. The van der Waals surface area contributed by atoms with Crippen molar-refractivity contribution in [2.24, 2.45) is 11.7 Å². The van der Waals surface area contributed by atoms with Crippen LogP contribution < -0.4 is 25.8 Å². The van der Waals surface area contributed by atoms with Crippen LogP contribution in [0.5, 0.6) is 11.5 Å². The average molecular weight is 309 g/mol. The second-order valence-electron chi connectivity index (χ2n) is 5.10. The molecule has 0 fully saturated rings. The molecule has 122 valence electrons. The highest BCUT2D eigenvalue weighted by Gasteiger charge is 2.18. The molecule has 0 radical (unpaired) electrons. The zero-order chi connectivity index (χ0) is 16.7. The maximum atomic E-state index is 11.9. The molecule has 0 saturated carbocycles. The van der Waals surface area contributed by atoms with Gasteiger partial charge < -0.3 is 25.8 Å². The fourth-order valence-electron chi connectivity index (χ4n) is 1.68. The Labute approximate surface area is 130 Å². The van der Waals surface area contributed by atoms with Crippen molar-refractivity contribution < 1.29 is 19.1 Å². The van der Waals surface area contributed by atoms with Gasteiger partial charge in [-0.2, -0.15) is 0 Å². The maximum Gasteiger partial charge on any atom is 0.243 e. The van der Waals surface area contributed by atoms with Crippen LogP contribution in [-0.2, 0) is 9.59 Å². The first-order valence-corrected chi connectivity index (χ1v) is 6.94. The van der Waals surface area contributed by atoms with Crippen molar-refractivity contribution in [3.63, 3.8) is 0 Å². The van der Waals surface area contributed by atoms with Gasteiger partial charge in [-0.25, -0.2) is 0 Å². The Morgan fingerprint density at radius 3 is 2.45 bits per heavy atom. The summed E-state index contributed by atoms with van der Waals surface area (Å²) in [6.07, 6.45) is 0. The summed E-state index contributed by atoms with van der Waals surface area (Å²) in [5.74, 6) is 0.369. The molecule has 4 N–H and O–H groups in total. The van der Waals surface area contributed by atoms with Gasteiger partial charge in [-0.3, -0.25) is 9.59 Å². The lowest BCUT2D eigenvalue weighted by Gasteiger charge is -2.15. The smallest absolute Gasteiger partial charge is 0.243 e. The van der Waals surface area contributed by atoms with E-state index in [9.17, 15) is 9.59 Å². The van der Waals surface area contributed by atoms with Gasteiger partial charge in [0.05, 0.1) is 32.5 Å². The first-order chi connectivity index (χ1) is 10.4. The highest BCUT2D eigenvalue weighted by Crippen LogP contribution is 2.28. The molecule has 0 saturated heterocycles. The minimum atomic E-state index is -0.636. The van der Waals surface area contributed by atoms with E-state index in [1.807, 2.05) is 13.8 Å². The molecule has 1 aromatic carbocycles. The SMILES string of the molecule is COc1ccc(NC(=O)CNC(=O)[C@@H](N)C(C)C)c(OC)c1. The van der Waals surface area contributed by atoms with Crippen LogP contribution in [0.2, 0.25) is 0 Å². The Morgan fingerprint density at radius 1 is 1.23 bits per heavy atom. The Hall–Kier alpha value is -2.28. The Bertz CT molecular complexity index is 532. The Morgan fingerprint density at radius 2 is 1.91 bits per heavy atom. The van der Waals surface area contributed by atoms with Gasteiger partial charge in [0, 0.05) is 6.07 Å². The van der Waals surface area contributed by atoms with Crippen LogP contribution in [-0.4, -0.2) is 38.6 Å². The fourth-order valence-corrected chi connectivity index (χ4v) is 1.68. The zero-order valence-electron chi connectivity index (χ0n) is 13.3. The van der Waals surface area contributed by atoms with Crippen LogP contribution in [0.25, 0.3) is 0 Å². The summed E-state index contributed by atoms with van der Waals surface area (Å²) in [5.41, 5.74) is 6.19. The van der Waals surface area contributed by atoms with Crippen molar-refractivity contribution in [1.29, 1.82) is 0 Å². The van der Waals surface area contributed by atoms with Crippen LogP contribution in [0.1, 0.15) is 13.8 Å². The van der Waals surface area contributed by atoms with E-state index in [4.69, 9.17) is 15.2 Å². The predicted molar refractivity (Wildman–Crippen MR) is 84.0 cm³/mol. The molecule has 0 bridgehead atoms. The van der Waals surface area contributed by atoms with Crippen LogP contribution >= 0.6 is 0 Å². The number of carbonyl (C=O) groups excluding carboxylic acids is 2. The highest BCUT2D eigenvalue weighted by atomic mass is 16.5. The molecule has 7 heteroatoms. The lowest BCUT2D eigenvalue weighted by Crippen LogP contribution is -2.46. The average Bonchev–Trinajstić information content (AvgIpc) is 2.51. The molecular formula is C15H23N3O4. The van der Waals surface area contributed by atoms with Crippen molar-refractivity contribution in [1.82, 2.24) is 5.32 Å². The lowest BCUT2D eigenvalue weighted by atomic mass is 10.1. The largest absolute Gasteiger partial charge is 0.497 e. The van der Waals surface area contributed by atoms with Crippen molar-refractivity contribution in [3.05, 3.63) is 18.2 Å². The molecule has 0 aromatic heterocycles. The molecule has 7 nitrogen and oxygen atoms in total. The summed E-state index contributed by atoms with van der Waals surface area (Å²) in [5, 5.41) is 5.16. The third-order valence-corrected chi connectivity index (χ3v) is 3.13. The minimum Gasteiger partial charge on any atom is -0.497 e. The van der Waals surface area contributed by atoms with Gasteiger partial charge >= 0.3 is 0 Å². The third-order valence-electron chi connectivity index (χ3n) is 3.13.